The molecule has 2 amide bonds. The Bertz CT molecular complexity index is 574. The normalized spacial score (nSPS) is 16.6. The smallest absolute Gasteiger partial charge is 0.317 e. The fourth-order valence-electron chi connectivity index (χ4n) is 2.91. The van der Waals surface area contributed by atoms with E-state index in [1.807, 2.05) is 37.2 Å². The minimum Gasteiger partial charge on any atom is -0.493 e. The van der Waals surface area contributed by atoms with E-state index in [-0.39, 0.29) is 12.1 Å². The van der Waals surface area contributed by atoms with Crippen LogP contribution in [-0.4, -0.2) is 76.5 Å². The molecule has 0 bridgehead atoms. The number of methoxy groups -OCH3 is 2. The molecule has 146 valence electrons. The van der Waals surface area contributed by atoms with Gasteiger partial charge in [0, 0.05) is 32.8 Å². The number of carbonyl (C=O) groups excluding carboxylic acids is 1. The Morgan fingerprint density at radius 3 is 2.62 bits per heavy atom. The van der Waals surface area contributed by atoms with Gasteiger partial charge in [0.25, 0.3) is 0 Å². The lowest BCUT2D eigenvalue weighted by Gasteiger charge is -2.27. The summed E-state index contributed by atoms with van der Waals surface area (Å²) in [6.45, 7) is 3.34. The second-order valence-corrected chi connectivity index (χ2v) is 6.73. The summed E-state index contributed by atoms with van der Waals surface area (Å²) in [4.78, 5) is 16.6. The van der Waals surface area contributed by atoms with Gasteiger partial charge in [-0.2, -0.15) is 0 Å². The third-order valence-electron chi connectivity index (χ3n) is 4.44. The Morgan fingerprint density at radius 2 is 2.00 bits per heavy atom. The van der Waals surface area contributed by atoms with Crippen molar-refractivity contribution in [3.05, 3.63) is 23.8 Å². The van der Waals surface area contributed by atoms with Gasteiger partial charge in [0.15, 0.2) is 11.5 Å². The monoisotopic (exact) mass is 365 g/mol. The summed E-state index contributed by atoms with van der Waals surface area (Å²) in [5.74, 6) is 1.33. The second-order valence-electron chi connectivity index (χ2n) is 6.73. The van der Waals surface area contributed by atoms with Crippen LogP contribution in [0.5, 0.6) is 11.5 Å². The lowest BCUT2D eigenvalue weighted by Crippen LogP contribution is -2.46. The summed E-state index contributed by atoms with van der Waals surface area (Å²) in [6, 6.07) is 5.57. The summed E-state index contributed by atoms with van der Waals surface area (Å²) < 4.78 is 16.3. The van der Waals surface area contributed by atoms with Gasteiger partial charge in [0.05, 0.1) is 20.3 Å². The second kappa shape index (κ2) is 10.2. The number of carbonyl (C=O) groups is 1. The summed E-state index contributed by atoms with van der Waals surface area (Å²) in [5.41, 5.74) is 0.959. The standard InChI is InChI=1S/C19H31N3O4/c1-21(2)9-10-22(14-16-6-5-11-26-16)19(23)20-13-15-7-8-17(24-3)18(12-15)25-4/h7-8,12,16H,5-6,9-11,13-14H2,1-4H3,(H,20,23). The maximum Gasteiger partial charge on any atom is 0.317 e. The Hall–Kier alpha value is -1.99. The molecule has 7 heteroatoms. The van der Waals surface area contributed by atoms with E-state index in [0.29, 0.717) is 31.1 Å². The number of hydrogen-bond acceptors (Lipinski definition) is 5. The average molecular weight is 365 g/mol. The van der Waals surface area contributed by atoms with Gasteiger partial charge in [-0.05, 0) is 44.6 Å². The molecule has 7 nitrogen and oxygen atoms in total. The van der Waals surface area contributed by atoms with Gasteiger partial charge in [-0.1, -0.05) is 6.07 Å². The molecular weight excluding hydrogens is 334 g/mol. The van der Waals surface area contributed by atoms with E-state index in [1.165, 1.54) is 0 Å². The Balaban J connectivity index is 1.94. The number of nitrogens with one attached hydrogen (secondary N) is 1. The molecule has 0 aliphatic carbocycles. The third kappa shape index (κ3) is 6.07. The van der Waals surface area contributed by atoms with Gasteiger partial charge in [-0.25, -0.2) is 4.79 Å². The first kappa shape index (κ1) is 20.3. The Kier molecular flexibility index (Phi) is 8.00. The van der Waals surface area contributed by atoms with Gasteiger partial charge in [0.1, 0.15) is 0 Å². The predicted molar refractivity (Wildman–Crippen MR) is 101 cm³/mol. The molecule has 1 unspecified atom stereocenters. The van der Waals surface area contributed by atoms with Crippen molar-refractivity contribution in [2.75, 3.05) is 54.6 Å². The predicted octanol–water partition coefficient (Wildman–Crippen LogP) is 1.96. The molecule has 2 rings (SSSR count). The first-order chi connectivity index (χ1) is 12.5. The number of benzene rings is 1. The molecule has 0 aromatic heterocycles. The SMILES string of the molecule is COc1ccc(CNC(=O)N(CCN(C)C)CC2CCCO2)cc1OC. The quantitative estimate of drug-likeness (QED) is 0.725. The summed E-state index contributed by atoms with van der Waals surface area (Å²) in [7, 11) is 7.22. The molecule has 1 aromatic carbocycles. The van der Waals surface area contributed by atoms with Crippen molar-refractivity contribution in [3.63, 3.8) is 0 Å². The molecule has 1 fully saturated rings. The van der Waals surface area contributed by atoms with Crippen molar-refractivity contribution in [1.29, 1.82) is 0 Å². The molecule has 1 N–H and O–H groups in total. The number of amides is 2. The summed E-state index contributed by atoms with van der Waals surface area (Å²) >= 11 is 0. The highest BCUT2D eigenvalue weighted by molar-refractivity contribution is 5.74. The van der Waals surface area contributed by atoms with E-state index in [4.69, 9.17) is 14.2 Å². The van der Waals surface area contributed by atoms with Crippen LogP contribution in [0.3, 0.4) is 0 Å². The van der Waals surface area contributed by atoms with E-state index in [9.17, 15) is 4.79 Å². The third-order valence-corrected chi connectivity index (χ3v) is 4.44. The lowest BCUT2D eigenvalue weighted by atomic mass is 10.2. The maximum absolute atomic E-state index is 12.7. The Morgan fingerprint density at radius 1 is 1.23 bits per heavy atom. The molecule has 1 aliphatic rings. The summed E-state index contributed by atoms with van der Waals surface area (Å²) in [6.07, 6.45) is 2.23. The largest absolute Gasteiger partial charge is 0.493 e. The fourth-order valence-corrected chi connectivity index (χ4v) is 2.91. The van der Waals surface area contributed by atoms with Crippen molar-refractivity contribution >= 4 is 6.03 Å². The van der Waals surface area contributed by atoms with Crippen LogP contribution in [0.25, 0.3) is 0 Å². The van der Waals surface area contributed by atoms with Gasteiger partial charge >= 0.3 is 6.03 Å². The number of rotatable bonds is 9. The van der Waals surface area contributed by atoms with Crippen LogP contribution in [0.1, 0.15) is 18.4 Å². The highest BCUT2D eigenvalue weighted by atomic mass is 16.5. The number of nitrogens with zero attached hydrogens (tertiary/aromatic N) is 2. The van der Waals surface area contributed by atoms with E-state index in [2.05, 4.69) is 10.2 Å². The highest BCUT2D eigenvalue weighted by Crippen LogP contribution is 2.27. The molecule has 1 heterocycles. The molecule has 0 radical (unpaired) electrons. The molecule has 0 spiro atoms. The maximum atomic E-state index is 12.7. The Labute approximate surface area is 156 Å². The molecule has 26 heavy (non-hydrogen) atoms. The zero-order valence-electron chi connectivity index (χ0n) is 16.3. The number of urea groups is 1. The topological polar surface area (TPSA) is 63.3 Å². The van der Waals surface area contributed by atoms with Crippen molar-refractivity contribution < 1.29 is 19.0 Å². The number of likely N-dealkylation sites (N-methyl/N-ethyl adjacent to an activating group) is 1. The zero-order valence-corrected chi connectivity index (χ0v) is 16.3. The van der Waals surface area contributed by atoms with Gasteiger partial charge in [-0.3, -0.25) is 0 Å². The van der Waals surface area contributed by atoms with Gasteiger partial charge in [0.2, 0.25) is 0 Å². The molecule has 1 aromatic rings. The van der Waals surface area contributed by atoms with E-state index in [1.54, 1.807) is 14.2 Å². The first-order valence-corrected chi connectivity index (χ1v) is 9.03. The van der Waals surface area contributed by atoms with Crippen LogP contribution in [0.4, 0.5) is 4.79 Å². The van der Waals surface area contributed by atoms with Gasteiger partial charge in [-0.15, -0.1) is 0 Å². The first-order valence-electron chi connectivity index (χ1n) is 9.03. The van der Waals surface area contributed by atoms with Crippen LogP contribution in [0, 0.1) is 0 Å². The minimum absolute atomic E-state index is 0.0721. The van der Waals surface area contributed by atoms with E-state index >= 15 is 0 Å². The molecule has 1 atom stereocenters. The van der Waals surface area contributed by atoms with Crippen LogP contribution in [0.2, 0.25) is 0 Å². The molecule has 1 saturated heterocycles. The fraction of sp³-hybridized carbons (Fsp3) is 0.632. The van der Waals surface area contributed by atoms with Crippen LogP contribution < -0.4 is 14.8 Å². The highest BCUT2D eigenvalue weighted by Gasteiger charge is 2.22. The van der Waals surface area contributed by atoms with Crippen LogP contribution in [-0.2, 0) is 11.3 Å². The molecule has 1 aliphatic heterocycles. The van der Waals surface area contributed by atoms with E-state index < -0.39 is 0 Å². The summed E-state index contributed by atoms with van der Waals surface area (Å²) in [5, 5.41) is 3.00. The van der Waals surface area contributed by atoms with Crippen molar-refractivity contribution in [2.24, 2.45) is 0 Å². The van der Waals surface area contributed by atoms with Crippen LogP contribution in [0.15, 0.2) is 18.2 Å². The number of hydrogen-bond donors (Lipinski definition) is 1. The van der Waals surface area contributed by atoms with Crippen molar-refractivity contribution in [1.82, 2.24) is 15.1 Å². The number of ether oxygens (including phenoxy) is 3. The van der Waals surface area contributed by atoms with E-state index in [0.717, 1.165) is 31.6 Å². The van der Waals surface area contributed by atoms with Crippen molar-refractivity contribution in [2.45, 2.75) is 25.5 Å². The van der Waals surface area contributed by atoms with Crippen molar-refractivity contribution in [3.8, 4) is 11.5 Å². The minimum atomic E-state index is -0.0721. The molecule has 0 saturated carbocycles. The zero-order chi connectivity index (χ0) is 18.9. The average Bonchev–Trinajstić information content (AvgIpc) is 3.15. The van der Waals surface area contributed by atoms with Gasteiger partial charge < -0.3 is 29.3 Å². The van der Waals surface area contributed by atoms with Crippen LogP contribution >= 0.6 is 0 Å². The molecular formula is C19H31N3O4. The lowest BCUT2D eigenvalue weighted by molar-refractivity contribution is 0.0795.